The molecule has 0 saturated heterocycles. The second kappa shape index (κ2) is 8.95. The minimum absolute atomic E-state index is 0.0158. The number of carbonyl (C=O) groups excluding carboxylic acids is 2. The van der Waals surface area contributed by atoms with Gasteiger partial charge in [0, 0.05) is 35.6 Å². The number of ketones is 1. The number of thiophene rings is 1. The van der Waals surface area contributed by atoms with Gasteiger partial charge in [-0.3, -0.25) is 9.59 Å². The highest BCUT2D eigenvalue weighted by atomic mass is 32.1. The molecule has 26 heavy (non-hydrogen) atoms. The van der Waals surface area contributed by atoms with E-state index in [1.807, 2.05) is 0 Å². The van der Waals surface area contributed by atoms with Crippen molar-refractivity contribution in [3.8, 4) is 11.5 Å². The number of Topliss-reactive ketones (excluding diaryl/α,β-unsaturated/α-hetero) is 1. The second-order valence-corrected chi connectivity index (χ2v) is 6.81. The van der Waals surface area contributed by atoms with E-state index in [0.29, 0.717) is 16.0 Å². The first-order valence-electron chi connectivity index (χ1n) is 8.07. The van der Waals surface area contributed by atoms with E-state index in [1.54, 1.807) is 13.0 Å². The molecule has 2 rings (SSSR count). The van der Waals surface area contributed by atoms with Crippen molar-refractivity contribution in [2.24, 2.45) is 5.92 Å². The van der Waals surface area contributed by atoms with E-state index in [9.17, 15) is 14.0 Å². The summed E-state index contributed by atoms with van der Waals surface area (Å²) < 4.78 is 30.5. The van der Waals surface area contributed by atoms with Gasteiger partial charge in [0.25, 0.3) is 0 Å². The maximum atomic E-state index is 14.8. The van der Waals surface area contributed by atoms with Crippen molar-refractivity contribution >= 4 is 33.2 Å². The number of halogens is 1. The summed E-state index contributed by atoms with van der Waals surface area (Å²) in [6, 6.07) is 3.07. The quantitative estimate of drug-likeness (QED) is 0.406. The van der Waals surface area contributed by atoms with E-state index in [0.717, 1.165) is 11.3 Å². The zero-order chi connectivity index (χ0) is 19.3. The Balaban J connectivity index is 2.33. The van der Waals surface area contributed by atoms with Crippen LogP contribution in [-0.4, -0.2) is 44.3 Å². The number of hydrogen-bond acceptors (Lipinski definition) is 7. The molecular weight excluding hydrogens is 363 g/mol. The van der Waals surface area contributed by atoms with E-state index in [2.05, 4.69) is 4.74 Å². The maximum Gasteiger partial charge on any atom is 0.308 e. The normalized spacial score (nSPS) is 12.0. The highest BCUT2D eigenvalue weighted by Crippen LogP contribution is 2.40. The number of fused-ring (bicyclic) bond motifs is 1. The summed E-state index contributed by atoms with van der Waals surface area (Å²) in [6.45, 7) is 1.68. The van der Waals surface area contributed by atoms with Gasteiger partial charge >= 0.3 is 5.97 Å². The summed E-state index contributed by atoms with van der Waals surface area (Å²) in [5.74, 6) is -1.75. The SMILES string of the molecule is COC(=O)C(C)CC(=O)c1cc2c(F)c(OCCCO)c(OC)cc2s1. The summed E-state index contributed by atoms with van der Waals surface area (Å²) in [5.41, 5.74) is 0. The molecule has 0 spiro atoms. The number of aliphatic hydroxyl groups is 1. The van der Waals surface area contributed by atoms with Gasteiger partial charge in [-0.2, -0.15) is 0 Å². The molecule has 0 aliphatic carbocycles. The van der Waals surface area contributed by atoms with Crippen molar-refractivity contribution in [3.05, 3.63) is 22.8 Å². The van der Waals surface area contributed by atoms with Crippen molar-refractivity contribution in [1.29, 1.82) is 0 Å². The van der Waals surface area contributed by atoms with Crippen molar-refractivity contribution in [2.75, 3.05) is 27.4 Å². The van der Waals surface area contributed by atoms with Crippen molar-refractivity contribution < 1.29 is 33.3 Å². The van der Waals surface area contributed by atoms with Crippen LogP contribution < -0.4 is 9.47 Å². The molecule has 0 aliphatic heterocycles. The van der Waals surface area contributed by atoms with Gasteiger partial charge in [-0.05, 0) is 6.07 Å². The van der Waals surface area contributed by atoms with Crippen LogP contribution in [-0.2, 0) is 9.53 Å². The number of benzene rings is 1. The number of methoxy groups -OCH3 is 2. The van der Waals surface area contributed by atoms with Crippen LogP contribution in [0.15, 0.2) is 12.1 Å². The Hall–Kier alpha value is -2.19. The van der Waals surface area contributed by atoms with Gasteiger partial charge in [0.05, 0.1) is 31.6 Å². The number of esters is 1. The fourth-order valence-electron chi connectivity index (χ4n) is 2.42. The molecular formula is C18H21FO6S. The molecule has 1 unspecified atom stereocenters. The monoisotopic (exact) mass is 384 g/mol. The Morgan fingerprint density at radius 2 is 2.04 bits per heavy atom. The van der Waals surface area contributed by atoms with Crippen LogP contribution in [0.1, 0.15) is 29.4 Å². The topological polar surface area (TPSA) is 82.1 Å². The molecule has 2 aromatic rings. The predicted octanol–water partition coefficient (Wildman–Crippen LogP) is 3.19. The smallest absolute Gasteiger partial charge is 0.308 e. The Labute approximate surface area is 154 Å². The third-order valence-electron chi connectivity index (χ3n) is 3.82. The van der Waals surface area contributed by atoms with E-state index in [4.69, 9.17) is 14.6 Å². The van der Waals surface area contributed by atoms with Crippen LogP contribution in [0.2, 0.25) is 0 Å². The lowest BCUT2D eigenvalue weighted by Gasteiger charge is -2.11. The predicted molar refractivity (Wildman–Crippen MR) is 95.7 cm³/mol. The number of aliphatic hydroxyl groups excluding tert-OH is 1. The highest BCUT2D eigenvalue weighted by molar-refractivity contribution is 7.20. The van der Waals surface area contributed by atoms with Crippen LogP contribution in [0.3, 0.4) is 0 Å². The molecule has 1 aromatic heterocycles. The van der Waals surface area contributed by atoms with Gasteiger partial charge in [-0.1, -0.05) is 6.92 Å². The Bertz CT molecular complexity index is 801. The number of rotatable bonds is 9. The molecule has 0 radical (unpaired) electrons. The Kier molecular flexibility index (Phi) is 6.93. The molecule has 142 valence electrons. The average molecular weight is 384 g/mol. The molecule has 1 heterocycles. The lowest BCUT2D eigenvalue weighted by Crippen LogP contribution is -2.16. The van der Waals surface area contributed by atoms with Crippen LogP contribution in [0.5, 0.6) is 11.5 Å². The fourth-order valence-corrected chi connectivity index (χ4v) is 3.46. The Morgan fingerprint density at radius 1 is 1.31 bits per heavy atom. The summed E-state index contributed by atoms with van der Waals surface area (Å²) in [5, 5.41) is 9.08. The lowest BCUT2D eigenvalue weighted by atomic mass is 10.0. The standard InChI is InChI=1S/C18H21FO6S/c1-10(18(22)24-3)7-12(21)15-8-11-14(26-15)9-13(23-2)17(16(11)19)25-6-4-5-20/h8-10,20H,4-7H2,1-3H3. The molecule has 0 aliphatic rings. The molecule has 8 heteroatoms. The van der Waals surface area contributed by atoms with Crippen LogP contribution >= 0.6 is 11.3 Å². The van der Waals surface area contributed by atoms with Crippen LogP contribution in [0.4, 0.5) is 4.39 Å². The number of hydrogen-bond donors (Lipinski definition) is 1. The Morgan fingerprint density at radius 3 is 2.65 bits per heavy atom. The zero-order valence-electron chi connectivity index (χ0n) is 14.8. The van der Waals surface area contributed by atoms with Crippen LogP contribution in [0, 0.1) is 11.7 Å². The third-order valence-corrected chi connectivity index (χ3v) is 4.94. The van der Waals surface area contributed by atoms with Crippen molar-refractivity contribution in [3.63, 3.8) is 0 Å². The largest absolute Gasteiger partial charge is 0.493 e. The van der Waals surface area contributed by atoms with E-state index < -0.39 is 17.7 Å². The first-order chi connectivity index (χ1) is 12.4. The summed E-state index contributed by atoms with van der Waals surface area (Å²) >= 11 is 1.13. The van der Waals surface area contributed by atoms with Gasteiger partial charge < -0.3 is 19.3 Å². The van der Waals surface area contributed by atoms with Gasteiger partial charge in [0.2, 0.25) is 0 Å². The summed E-state index contributed by atoms with van der Waals surface area (Å²) in [4.78, 5) is 24.2. The molecule has 1 atom stereocenters. The van der Waals surface area contributed by atoms with E-state index >= 15 is 0 Å². The molecule has 0 saturated carbocycles. The van der Waals surface area contributed by atoms with Gasteiger partial charge in [0.1, 0.15) is 0 Å². The van der Waals surface area contributed by atoms with E-state index in [-0.39, 0.29) is 42.3 Å². The summed E-state index contributed by atoms with van der Waals surface area (Å²) in [6.07, 6.45) is 0.345. The molecule has 6 nitrogen and oxygen atoms in total. The zero-order valence-corrected chi connectivity index (χ0v) is 15.7. The van der Waals surface area contributed by atoms with Gasteiger partial charge in [-0.25, -0.2) is 4.39 Å². The second-order valence-electron chi connectivity index (χ2n) is 5.72. The van der Waals surface area contributed by atoms with Gasteiger partial charge in [0.15, 0.2) is 23.1 Å². The minimum Gasteiger partial charge on any atom is -0.493 e. The van der Waals surface area contributed by atoms with E-state index in [1.165, 1.54) is 20.3 Å². The maximum absolute atomic E-state index is 14.8. The lowest BCUT2D eigenvalue weighted by molar-refractivity contribution is -0.144. The molecule has 0 bridgehead atoms. The summed E-state index contributed by atoms with van der Waals surface area (Å²) in [7, 11) is 2.67. The van der Waals surface area contributed by atoms with Crippen molar-refractivity contribution in [2.45, 2.75) is 19.8 Å². The van der Waals surface area contributed by atoms with Crippen molar-refractivity contribution in [1.82, 2.24) is 0 Å². The number of ether oxygens (including phenoxy) is 3. The molecule has 0 amide bonds. The molecule has 0 fully saturated rings. The highest BCUT2D eigenvalue weighted by Gasteiger charge is 2.23. The first kappa shape index (κ1) is 20.1. The molecule has 1 N–H and O–H groups in total. The van der Waals surface area contributed by atoms with Crippen LogP contribution in [0.25, 0.3) is 10.1 Å². The number of carbonyl (C=O) groups is 2. The average Bonchev–Trinajstić information content (AvgIpc) is 3.07. The molecule has 1 aromatic carbocycles. The third kappa shape index (κ3) is 4.31. The van der Waals surface area contributed by atoms with Gasteiger partial charge in [-0.15, -0.1) is 11.3 Å². The fraction of sp³-hybridized carbons (Fsp3) is 0.444. The first-order valence-corrected chi connectivity index (χ1v) is 8.89. The minimum atomic E-state index is -0.617.